The summed E-state index contributed by atoms with van der Waals surface area (Å²) in [5, 5.41) is 14.7. The molecule has 0 fully saturated rings. The second kappa shape index (κ2) is 8.24. The molecular formula is C18H11Cl2F3NNaO3. The number of aromatic carboxylic acids is 1. The molecule has 1 aliphatic rings. The molecule has 1 heterocycles. The van der Waals surface area contributed by atoms with Gasteiger partial charge in [0, 0.05) is 27.6 Å². The average molecular weight is 440 g/mol. The van der Waals surface area contributed by atoms with Gasteiger partial charge in [-0.05, 0) is 42.3 Å². The second-order valence-electron chi connectivity index (χ2n) is 6.11. The number of benzene rings is 2. The van der Waals surface area contributed by atoms with Crippen LogP contribution in [0, 0.1) is 6.92 Å². The van der Waals surface area contributed by atoms with Crippen LogP contribution < -0.4 is 34.7 Å². The Morgan fingerprint density at radius 2 is 1.79 bits per heavy atom. The minimum atomic E-state index is -4.80. The van der Waals surface area contributed by atoms with Crippen LogP contribution in [-0.2, 0) is 10.4 Å². The molecule has 0 spiro atoms. The van der Waals surface area contributed by atoms with Gasteiger partial charge in [0.1, 0.15) is 0 Å². The first-order valence-electron chi connectivity index (χ1n) is 7.64. The van der Waals surface area contributed by atoms with Crippen LogP contribution >= 0.6 is 23.2 Å². The molecule has 1 unspecified atom stereocenters. The molecule has 0 bridgehead atoms. The van der Waals surface area contributed by atoms with Crippen molar-refractivity contribution in [3.05, 3.63) is 68.7 Å². The van der Waals surface area contributed by atoms with Crippen molar-refractivity contribution in [1.82, 2.24) is 0 Å². The number of carbonyl (C=O) groups excluding carboxylic acids is 1. The van der Waals surface area contributed by atoms with E-state index in [4.69, 9.17) is 28.0 Å². The van der Waals surface area contributed by atoms with Crippen molar-refractivity contribution >= 4 is 34.9 Å². The van der Waals surface area contributed by atoms with Crippen molar-refractivity contribution in [2.45, 2.75) is 25.1 Å². The van der Waals surface area contributed by atoms with E-state index in [1.807, 2.05) is 0 Å². The molecular weight excluding hydrogens is 429 g/mol. The van der Waals surface area contributed by atoms with E-state index in [2.05, 4.69) is 5.16 Å². The monoisotopic (exact) mass is 439 g/mol. The van der Waals surface area contributed by atoms with Crippen molar-refractivity contribution in [3.63, 3.8) is 0 Å². The van der Waals surface area contributed by atoms with Crippen LogP contribution in [0.4, 0.5) is 13.2 Å². The number of oxime groups is 1. The fourth-order valence-electron chi connectivity index (χ4n) is 2.92. The standard InChI is InChI=1S/C18H12Cl2F3NO3.Na/c1-9-4-10(2-3-14(9)16(25)26)15-8-17(27-24-15,18(21,22)23)11-5-12(19)7-13(20)6-11;/h2-7H,8H2,1H3,(H,25,26);/q;+1/p-1. The van der Waals surface area contributed by atoms with Crippen molar-refractivity contribution in [2.75, 3.05) is 0 Å². The number of halogens is 5. The normalized spacial score (nSPS) is 18.9. The van der Waals surface area contributed by atoms with E-state index >= 15 is 0 Å². The fraction of sp³-hybridized carbons (Fsp3) is 0.222. The van der Waals surface area contributed by atoms with E-state index in [1.165, 1.54) is 31.2 Å². The largest absolute Gasteiger partial charge is 1.00 e. The Hall–Kier alpha value is -1.25. The number of alkyl halides is 3. The molecule has 0 saturated heterocycles. The zero-order chi connectivity index (χ0) is 20.0. The number of hydrogen-bond acceptors (Lipinski definition) is 4. The molecule has 1 aliphatic heterocycles. The molecule has 0 N–H and O–H groups in total. The van der Waals surface area contributed by atoms with E-state index in [1.54, 1.807) is 0 Å². The Morgan fingerprint density at radius 1 is 1.18 bits per heavy atom. The molecule has 0 saturated carbocycles. The molecule has 4 nitrogen and oxygen atoms in total. The first kappa shape index (κ1) is 23.0. The third-order valence-electron chi connectivity index (χ3n) is 4.29. The van der Waals surface area contributed by atoms with Gasteiger partial charge >= 0.3 is 35.7 Å². The van der Waals surface area contributed by atoms with Gasteiger partial charge < -0.3 is 14.7 Å². The molecule has 10 heteroatoms. The molecule has 0 amide bonds. The molecule has 3 rings (SSSR count). The topological polar surface area (TPSA) is 61.7 Å². The van der Waals surface area contributed by atoms with Crippen LogP contribution in [0.15, 0.2) is 41.6 Å². The van der Waals surface area contributed by atoms with Gasteiger partial charge in [-0.3, -0.25) is 0 Å². The zero-order valence-corrected chi connectivity index (χ0v) is 18.2. The zero-order valence-electron chi connectivity index (χ0n) is 14.7. The van der Waals surface area contributed by atoms with E-state index in [0.29, 0.717) is 11.1 Å². The smallest absolute Gasteiger partial charge is 0.545 e. The minimum absolute atomic E-state index is 0. The summed E-state index contributed by atoms with van der Waals surface area (Å²) in [6.07, 6.45) is -5.41. The van der Waals surface area contributed by atoms with Gasteiger partial charge in [-0.25, -0.2) is 0 Å². The molecule has 2 aromatic rings. The summed E-state index contributed by atoms with van der Waals surface area (Å²) >= 11 is 11.7. The second-order valence-corrected chi connectivity index (χ2v) is 6.98. The molecule has 28 heavy (non-hydrogen) atoms. The number of aryl methyl sites for hydroxylation is 1. The third kappa shape index (κ3) is 4.19. The van der Waals surface area contributed by atoms with Crippen LogP contribution in [0.1, 0.15) is 33.5 Å². The molecule has 0 aromatic heterocycles. The third-order valence-corrected chi connectivity index (χ3v) is 4.73. The summed E-state index contributed by atoms with van der Waals surface area (Å²) in [6, 6.07) is 7.61. The van der Waals surface area contributed by atoms with Gasteiger partial charge in [-0.15, -0.1) is 0 Å². The minimum Gasteiger partial charge on any atom is -0.545 e. The van der Waals surface area contributed by atoms with Crippen LogP contribution in [-0.4, -0.2) is 17.9 Å². The summed E-state index contributed by atoms with van der Waals surface area (Å²) in [7, 11) is 0. The predicted molar refractivity (Wildman–Crippen MR) is 91.9 cm³/mol. The van der Waals surface area contributed by atoms with Gasteiger partial charge in [0.05, 0.1) is 11.7 Å². The Kier molecular flexibility index (Phi) is 6.78. The summed E-state index contributed by atoms with van der Waals surface area (Å²) in [4.78, 5) is 15.9. The van der Waals surface area contributed by atoms with Crippen molar-refractivity contribution in [3.8, 4) is 0 Å². The summed E-state index contributed by atoms with van der Waals surface area (Å²) in [5.41, 5.74) is -2.38. The van der Waals surface area contributed by atoms with Crippen LogP contribution in [0.2, 0.25) is 10.0 Å². The van der Waals surface area contributed by atoms with Crippen LogP contribution in [0.5, 0.6) is 0 Å². The maximum atomic E-state index is 13.9. The van der Waals surface area contributed by atoms with E-state index in [-0.39, 0.29) is 56.4 Å². The average Bonchev–Trinajstić information content (AvgIpc) is 3.00. The van der Waals surface area contributed by atoms with E-state index < -0.39 is 24.2 Å². The molecule has 1 atom stereocenters. The Bertz CT molecular complexity index is 945. The maximum absolute atomic E-state index is 13.9. The number of hydrogen-bond donors (Lipinski definition) is 0. The van der Waals surface area contributed by atoms with Gasteiger partial charge in [-0.2, -0.15) is 13.2 Å². The van der Waals surface area contributed by atoms with Crippen molar-refractivity contribution in [2.24, 2.45) is 5.16 Å². The molecule has 142 valence electrons. The Morgan fingerprint density at radius 3 is 2.29 bits per heavy atom. The quantitative estimate of drug-likeness (QED) is 0.676. The number of carboxylic acid groups (broad SMARTS) is 1. The number of carbonyl (C=O) groups is 1. The van der Waals surface area contributed by atoms with E-state index in [9.17, 15) is 23.1 Å². The van der Waals surface area contributed by atoms with E-state index in [0.717, 1.165) is 12.1 Å². The van der Waals surface area contributed by atoms with Crippen molar-refractivity contribution < 1.29 is 57.5 Å². The number of rotatable bonds is 3. The first-order chi connectivity index (χ1) is 12.5. The van der Waals surface area contributed by atoms with Gasteiger partial charge in [0.2, 0.25) is 0 Å². The fourth-order valence-corrected chi connectivity index (χ4v) is 3.44. The molecule has 0 aliphatic carbocycles. The SMILES string of the molecule is Cc1cc(C2=NOC(c3cc(Cl)cc(Cl)c3)(C(F)(F)F)C2)ccc1C(=O)[O-].[Na+]. The number of nitrogens with zero attached hydrogens (tertiary/aromatic N) is 1. The Labute approximate surface area is 190 Å². The molecule has 2 aromatic carbocycles. The van der Waals surface area contributed by atoms with Crippen molar-refractivity contribution in [1.29, 1.82) is 0 Å². The maximum Gasteiger partial charge on any atom is 1.00 e. The predicted octanol–water partition coefficient (Wildman–Crippen LogP) is 1.25. The van der Waals surface area contributed by atoms with Crippen LogP contribution in [0.25, 0.3) is 0 Å². The Balaban J connectivity index is 0.00000280. The summed E-state index contributed by atoms with van der Waals surface area (Å²) in [5.74, 6) is -1.37. The first-order valence-corrected chi connectivity index (χ1v) is 8.40. The summed E-state index contributed by atoms with van der Waals surface area (Å²) in [6.45, 7) is 1.51. The summed E-state index contributed by atoms with van der Waals surface area (Å²) < 4.78 is 41.8. The van der Waals surface area contributed by atoms with Gasteiger partial charge in [0.15, 0.2) is 0 Å². The van der Waals surface area contributed by atoms with Gasteiger partial charge in [0.25, 0.3) is 5.60 Å². The molecule has 0 radical (unpaired) electrons. The number of carboxylic acids is 1. The van der Waals surface area contributed by atoms with Gasteiger partial charge in [-0.1, -0.05) is 40.5 Å². The van der Waals surface area contributed by atoms with Crippen LogP contribution in [0.3, 0.4) is 0 Å².